The van der Waals surface area contributed by atoms with E-state index in [1.807, 2.05) is 0 Å². The van der Waals surface area contributed by atoms with Crippen LogP contribution >= 0.6 is 0 Å². The van der Waals surface area contributed by atoms with E-state index in [4.69, 9.17) is 0 Å². The Bertz CT molecular complexity index is 514. The molecule has 1 aromatic rings. The molecule has 1 aromatic heterocycles. The molecule has 0 saturated carbocycles. The first-order valence-corrected chi connectivity index (χ1v) is 7.50. The monoisotopic (exact) mass is 340 g/mol. The molecule has 124 valence electrons. The summed E-state index contributed by atoms with van der Waals surface area (Å²) in [5.41, 5.74) is -1.34. The molecule has 2 rings (SSSR count). The summed E-state index contributed by atoms with van der Waals surface area (Å²) in [5, 5.41) is 19.6. The number of hydrogen-bond donors (Lipinski definition) is 2. The van der Waals surface area contributed by atoms with Crippen LogP contribution in [0.25, 0.3) is 0 Å². The molecule has 1 saturated heterocycles. The predicted octanol–water partition coefficient (Wildman–Crippen LogP) is 0.820. The van der Waals surface area contributed by atoms with Crippen LogP contribution in [-0.4, -0.2) is 55.2 Å². The second kappa shape index (κ2) is 6.20. The van der Waals surface area contributed by atoms with E-state index in [0.29, 0.717) is 0 Å². The van der Waals surface area contributed by atoms with Gasteiger partial charge in [-0.3, -0.25) is 0 Å². The van der Waals surface area contributed by atoms with Crippen molar-refractivity contribution in [3.8, 4) is 5.88 Å². The largest absolute Gasteiger partial charge is 0.593 e. The van der Waals surface area contributed by atoms with Crippen LogP contribution < -0.4 is 4.74 Å². The zero-order valence-corrected chi connectivity index (χ0v) is 12.4. The maximum absolute atomic E-state index is 12.3. The molecule has 2 N–H and O–H groups in total. The minimum Gasteiger partial charge on any atom is -0.593 e. The molecule has 22 heavy (non-hydrogen) atoms. The molecule has 10 heteroatoms. The summed E-state index contributed by atoms with van der Waals surface area (Å²) in [4.78, 5) is 3.64. The number of ether oxygens (including phenoxy) is 1. The van der Waals surface area contributed by atoms with E-state index in [9.17, 15) is 27.9 Å². The lowest BCUT2D eigenvalue weighted by atomic mass is 9.97. The fourth-order valence-electron chi connectivity index (χ4n) is 2.06. The van der Waals surface area contributed by atoms with Crippen molar-refractivity contribution in [1.82, 2.24) is 9.29 Å². The van der Waals surface area contributed by atoms with Crippen LogP contribution in [-0.2, 0) is 11.4 Å². The van der Waals surface area contributed by atoms with Gasteiger partial charge < -0.3 is 19.5 Å². The van der Waals surface area contributed by atoms with E-state index in [2.05, 4.69) is 9.72 Å². The second-order valence-electron chi connectivity index (χ2n) is 5.02. The predicted molar refractivity (Wildman–Crippen MR) is 70.1 cm³/mol. The maximum atomic E-state index is 12.3. The fourth-order valence-corrected chi connectivity index (χ4v) is 3.29. The van der Waals surface area contributed by atoms with E-state index in [1.165, 1.54) is 17.3 Å². The minimum atomic E-state index is -4.84. The molecular weight excluding hydrogens is 325 g/mol. The lowest BCUT2D eigenvalue weighted by Crippen LogP contribution is -2.44. The Balaban J connectivity index is 2.03. The van der Waals surface area contributed by atoms with Gasteiger partial charge in [0.1, 0.15) is 5.60 Å². The van der Waals surface area contributed by atoms with Crippen LogP contribution in [0.1, 0.15) is 13.3 Å². The second-order valence-corrected chi connectivity index (χ2v) is 6.51. The van der Waals surface area contributed by atoms with Crippen molar-refractivity contribution in [2.75, 3.05) is 13.1 Å². The Kier molecular flexibility index (Phi) is 4.87. The van der Waals surface area contributed by atoms with Crippen molar-refractivity contribution in [2.24, 2.45) is 0 Å². The van der Waals surface area contributed by atoms with Crippen LogP contribution in [0.3, 0.4) is 0 Å². The molecule has 1 fully saturated rings. The number of nitrogens with zero attached hydrogens (tertiary/aromatic N) is 2. The number of pyridine rings is 1. The van der Waals surface area contributed by atoms with E-state index in [-0.39, 0.29) is 24.4 Å². The Morgan fingerprint density at radius 3 is 2.64 bits per heavy atom. The van der Waals surface area contributed by atoms with Crippen LogP contribution in [0.2, 0.25) is 0 Å². The molecule has 2 unspecified atom stereocenters. The third-order valence-electron chi connectivity index (χ3n) is 3.39. The van der Waals surface area contributed by atoms with Crippen molar-refractivity contribution in [2.45, 2.75) is 36.3 Å². The number of rotatable bonds is 4. The molecule has 1 aliphatic heterocycles. The van der Waals surface area contributed by atoms with E-state index >= 15 is 0 Å². The lowest BCUT2D eigenvalue weighted by molar-refractivity contribution is -0.276. The number of alkyl halides is 3. The Morgan fingerprint density at radius 2 is 2.18 bits per heavy atom. The lowest BCUT2D eigenvalue weighted by Gasteiger charge is -2.26. The van der Waals surface area contributed by atoms with Crippen LogP contribution in [0.15, 0.2) is 23.2 Å². The molecule has 0 bridgehead atoms. The number of halogens is 3. The van der Waals surface area contributed by atoms with Crippen LogP contribution in [0.4, 0.5) is 13.2 Å². The van der Waals surface area contributed by atoms with Crippen molar-refractivity contribution < 1.29 is 32.7 Å². The average molecular weight is 340 g/mol. The van der Waals surface area contributed by atoms with Gasteiger partial charge in [0.2, 0.25) is 5.88 Å². The summed E-state index contributed by atoms with van der Waals surface area (Å²) in [7, 11) is 0. The van der Waals surface area contributed by atoms with Crippen LogP contribution in [0, 0.1) is 0 Å². The quantitative estimate of drug-likeness (QED) is 0.789. The van der Waals surface area contributed by atoms with E-state index in [0.717, 1.165) is 12.3 Å². The highest BCUT2D eigenvalue weighted by Crippen LogP contribution is 2.30. The van der Waals surface area contributed by atoms with Crippen molar-refractivity contribution in [1.29, 1.82) is 0 Å². The molecule has 0 spiro atoms. The summed E-state index contributed by atoms with van der Waals surface area (Å²) in [6.07, 6.45) is -4.54. The highest BCUT2D eigenvalue weighted by molar-refractivity contribution is 7.89. The molecule has 0 amide bonds. The Hall–Kier alpha value is -1.07. The summed E-state index contributed by atoms with van der Waals surface area (Å²) < 4.78 is 53.4. The summed E-state index contributed by atoms with van der Waals surface area (Å²) in [5.74, 6) is -0.643. The first-order valence-electron chi connectivity index (χ1n) is 6.40. The minimum absolute atomic E-state index is 0.00190. The third kappa shape index (κ3) is 4.02. The fraction of sp³-hybridized carbons (Fsp3) is 0.583. The normalized spacial score (nSPS) is 26.0. The first kappa shape index (κ1) is 17.3. The van der Waals surface area contributed by atoms with Gasteiger partial charge >= 0.3 is 6.36 Å². The standard InChI is InChI=1S/C12H15F3N2O4S/c1-8(18)11(19)4-5-17(7-11)22(20)9-2-3-10(16-6-9)21-12(13,14)15/h2-3,6,8,18-19H,4-5,7H2,1H3/t8-,11?,22?/m1/s1. The average Bonchev–Trinajstić information content (AvgIpc) is 2.81. The number of aliphatic hydroxyl groups is 2. The van der Waals surface area contributed by atoms with E-state index in [1.54, 1.807) is 0 Å². The molecule has 0 aromatic carbocycles. The van der Waals surface area contributed by atoms with E-state index < -0.39 is 35.3 Å². The van der Waals surface area contributed by atoms with Gasteiger partial charge in [0, 0.05) is 18.7 Å². The van der Waals surface area contributed by atoms with Gasteiger partial charge in [-0.1, -0.05) is 0 Å². The molecule has 0 aliphatic carbocycles. The molecular formula is C12H15F3N2O4S. The summed E-state index contributed by atoms with van der Waals surface area (Å²) >= 11 is -1.69. The van der Waals surface area contributed by atoms with Crippen molar-refractivity contribution >= 4 is 11.4 Å². The molecule has 1 aliphatic rings. The smallest absolute Gasteiger partial charge is 0.574 e. The number of aliphatic hydroxyl groups excluding tert-OH is 1. The highest BCUT2D eigenvalue weighted by atomic mass is 32.2. The van der Waals surface area contributed by atoms with Gasteiger partial charge in [0.05, 0.1) is 30.2 Å². The molecule has 0 radical (unpaired) electrons. The summed E-state index contributed by atoms with van der Waals surface area (Å²) in [6.45, 7) is 1.73. The number of hydrogen-bond acceptors (Lipinski definition) is 6. The Labute approximate surface area is 127 Å². The Morgan fingerprint density at radius 1 is 1.50 bits per heavy atom. The van der Waals surface area contributed by atoms with Gasteiger partial charge in [-0.25, -0.2) is 4.98 Å². The van der Waals surface area contributed by atoms with Gasteiger partial charge in [0.15, 0.2) is 4.90 Å². The zero-order chi connectivity index (χ0) is 16.5. The van der Waals surface area contributed by atoms with Crippen LogP contribution in [0.5, 0.6) is 5.88 Å². The van der Waals surface area contributed by atoms with Gasteiger partial charge in [0.25, 0.3) is 0 Å². The van der Waals surface area contributed by atoms with Gasteiger partial charge in [-0.05, 0) is 13.3 Å². The van der Waals surface area contributed by atoms with Crippen molar-refractivity contribution in [3.05, 3.63) is 18.3 Å². The molecule has 6 nitrogen and oxygen atoms in total. The van der Waals surface area contributed by atoms with Crippen molar-refractivity contribution in [3.63, 3.8) is 0 Å². The third-order valence-corrected chi connectivity index (χ3v) is 4.81. The maximum Gasteiger partial charge on any atom is 0.574 e. The first-order chi connectivity index (χ1) is 10.1. The number of aromatic nitrogens is 1. The van der Waals surface area contributed by atoms with Gasteiger partial charge in [-0.2, -0.15) is 0 Å². The SMILES string of the molecule is C[C@@H](O)C1(O)CCN([S+]([O-])c2ccc(OC(F)(F)F)nc2)C1. The topological polar surface area (TPSA) is 88.9 Å². The number of β-amino-alcohol motifs (C(OH)–C–C–N with tert-alkyl or cyclic N) is 1. The summed E-state index contributed by atoms with van der Waals surface area (Å²) in [6, 6.07) is 2.18. The highest BCUT2D eigenvalue weighted by Gasteiger charge is 2.45. The zero-order valence-electron chi connectivity index (χ0n) is 11.6. The molecule has 2 heterocycles. The molecule has 3 atom stereocenters. The van der Waals surface area contributed by atoms with Gasteiger partial charge in [-0.15, -0.1) is 17.5 Å².